The number of imidazole rings is 1. The maximum absolute atomic E-state index is 11.5. The van der Waals surface area contributed by atoms with Crippen molar-refractivity contribution >= 4 is 33.7 Å². The maximum atomic E-state index is 11.5. The van der Waals surface area contributed by atoms with Crippen molar-refractivity contribution in [1.29, 1.82) is 0 Å². The molecule has 6 nitrogen and oxygen atoms in total. The lowest BCUT2D eigenvalue weighted by Crippen LogP contribution is -2.02. The number of hydrogen-bond donors (Lipinski definition) is 0. The zero-order valence-electron chi connectivity index (χ0n) is 13.5. The van der Waals surface area contributed by atoms with Crippen molar-refractivity contribution in [3.05, 3.63) is 48.9 Å². The van der Waals surface area contributed by atoms with Crippen LogP contribution in [-0.2, 0) is 11.3 Å². The molecule has 4 rings (SSSR count). The van der Waals surface area contributed by atoms with E-state index in [2.05, 4.69) is 6.58 Å². The summed E-state index contributed by atoms with van der Waals surface area (Å²) in [6.07, 6.45) is 3.56. The topological polar surface area (TPSA) is 61.4 Å². The van der Waals surface area contributed by atoms with Gasteiger partial charge in [0.05, 0.1) is 11.0 Å². The minimum Gasteiger partial charge on any atom is -0.424 e. The van der Waals surface area contributed by atoms with Crippen LogP contribution in [0, 0.1) is 6.92 Å². The molecular formula is C18H16N4O2. The fourth-order valence-corrected chi connectivity index (χ4v) is 3.09. The molecule has 6 heteroatoms. The highest BCUT2D eigenvalue weighted by molar-refractivity contribution is 6.00. The van der Waals surface area contributed by atoms with Gasteiger partial charge in [0.15, 0.2) is 11.4 Å². The van der Waals surface area contributed by atoms with Crippen LogP contribution >= 0.6 is 0 Å². The Labute approximate surface area is 138 Å². The molecule has 0 bridgehead atoms. The van der Waals surface area contributed by atoms with Crippen molar-refractivity contribution in [2.24, 2.45) is 0 Å². The van der Waals surface area contributed by atoms with E-state index < -0.39 is 0 Å². The lowest BCUT2D eigenvalue weighted by atomic mass is 10.3. The Morgan fingerprint density at radius 3 is 2.83 bits per heavy atom. The van der Waals surface area contributed by atoms with Gasteiger partial charge in [0.25, 0.3) is 0 Å². The number of allylic oxidation sites excluding steroid dienone is 1. The first kappa shape index (κ1) is 14.4. The number of carbonyl (C=O) groups is 1. The van der Waals surface area contributed by atoms with Crippen LogP contribution in [0.1, 0.15) is 12.7 Å². The second-order valence-electron chi connectivity index (χ2n) is 5.65. The molecule has 0 spiro atoms. The molecule has 0 aliphatic carbocycles. The van der Waals surface area contributed by atoms with Crippen LogP contribution in [0.2, 0.25) is 0 Å². The van der Waals surface area contributed by atoms with Crippen LogP contribution in [0.3, 0.4) is 0 Å². The van der Waals surface area contributed by atoms with Crippen LogP contribution in [0.4, 0.5) is 0 Å². The van der Waals surface area contributed by atoms with E-state index in [1.54, 1.807) is 12.3 Å². The third-order valence-corrected chi connectivity index (χ3v) is 3.97. The first-order valence-electron chi connectivity index (χ1n) is 7.66. The maximum Gasteiger partial charge on any atom is 0.308 e. The predicted molar refractivity (Wildman–Crippen MR) is 92.2 cm³/mol. The molecule has 0 radical (unpaired) electrons. The fraction of sp³-hybridized carbons (Fsp3) is 0.167. The Hall–Kier alpha value is -3.15. The van der Waals surface area contributed by atoms with Crippen molar-refractivity contribution in [1.82, 2.24) is 18.9 Å². The molecule has 0 fully saturated rings. The Bertz CT molecular complexity index is 1120. The molecule has 0 atom stereocenters. The molecule has 0 aliphatic heterocycles. The van der Waals surface area contributed by atoms with Crippen LogP contribution in [0.5, 0.6) is 5.75 Å². The van der Waals surface area contributed by atoms with E-state index in [1.807, 2.05) is 40.2 Å². The number of carbonyl (C=O) groups excluding carboxylic acids is 1. The van der Waals surface area contributed by atoms with Gasteiger partial charge >= 0.3 is 5.97 Å². The summed E-state index contributed by atoms with van der Waals surface area (Å²) in [7, 11) is 0. The van der Waals surface area contributed by atoms with E-state index in [4.69, 9.17) is 14.7 Å². The van der Waals surface area contributed by atoms with E-state index in [-0.39, 0.29) is 5.97 Å². The number of esters is 1. The second kappa shape index (κ2) is 5.19. The third-order valence-electron chi connectivity index (χ3n) is 3.97. The molecule has 0 saturated carbocycles. The van der Waals surface area contributed by atoms with Crippen molar-refractivity contribution in [2.75, 3.05) is 0 Å². The second-order valence-corrected chi connectivity index (χ2v) is 5.65. The molecule has 4 aromatic rings. The first-order valence-corrected chi connectivity index (χ1v) is 7.66. The summed E-state index contributed by atoms with van der Waals surface area (Å²) >= 11 is 0. The molecule has 120 valence electrons. The predicted octanol–water partition coefficient (Wildman–Crippen LogP) is 3.26. The molecule has 0 amide bonds. The van der Waals surface area contributed by atoms with Gasteiger partial charge < -0.3 is 9.30 Å². The Morgan fingerprint density at radius 1 is 1.29 bits per heavy atom. The quantitative estimate of drug-likeness (QED) is 0.429. The number of aromatic nitrogens is 4. The average molecular weight is 320 g/mol. The normalized spacial score (nSPS) is 11.4. The summed E-state index contributed by atoms with van der Waals surface area (Å²) in [6.45, 7) is 7.67. The van der Waals surface area contributed by atoms with Crippen LogP contribution in [0.25, 0.3) is 27.7 Å². The van der Waals surface area contributed by atoms with Crippen molar-refractivity contribution in [3.63, 3.8) is 0 Å². The molecule has 0 aliphatic rings. The molecule has 0 unspecified atom stereocenters. The van der Waals surface area contributed by atoms with E-state index in [1.165, 1.54) is 6.92 Å². The Morgan fingerprint density at radius 2 is 2.08 bits per heavy atom. The lowest BCUT2D eigenvalue weighted by Gasteiger charge is -2.05. The van der Waals surface area contributed by atoms with Gasteiger partial charge in [0.1, 0.15) is 16.9 Å². The summed E-state index contributed by atoms with van der Waals surface area (Å²) in [6, 6.07) is 7.88. The minimum absolute atomic E-state index is 0.373. The summed E-state index contributed by atoms with van der Waals surface area (Å²) in [5.41, 5.74) is 3.31. The number of rotatable bonds is 3. The van der Waals surface area contributed by atoms with Gasteiger partial charge in [-0.15, -0.1) is 6.58 Å². The molecule has 0 N–H and O–H groups in total. The SMILES string of the molecule is C=CCn1cc(OC(C)=O)c2c1nc(C)n1c3ccccc3nc21. The van der Waals surface area contributed by atoms with Crippen LogP contribution < -0.4 is 4.74 Å². The fourth-order valence-electron chi connectivity index (χ4n) is 3.09. The van der Waals surface area contributed by atoms with Crippen LogP contribution in [-0.4, -0.2) is 24.9 Å². The highest BCUT2D eigenvalue weighted by atomic mass is 16.5. The third kappa shape index (κ3) is 2.00. The van der Waals surface area contributed by atoms with Crippen molar-refractivity contribution in [2.45, 2.75) is 20.4 Å². The molecule has 24 heavy (non-hydrogen) atoms. The number of ether oxygens (including phenoxy) is 1. The minimum atomic E-state index is -0.373. The van der Waals surface area contributed by atoms with Crippen molar-refractivity contribution < 1.29 is 9.53 Å². The highest BCUT2D eigenvalue weighted by Gasteiger charge is 2.20. The molecule has 1 aromatic carbocycles. The molecule has 3 aromatic heterocycles. The van der Waals surface area contributed by atoms with E-state index in [9.17, 15) is 4.79 Å². The van der Waals surface area contributed by atoms with E-state index >= 15 is 0 Å². The summed E-state index contributed by atoms with van der Waals surface area (Å²) in [5, 5.41) is 0.730. The van der Waals surface area contributed by atoms with Gasteiger partial charge in [-0.1, -0.05) is 18.2 Å². The average Bonchev–Trinajstić information content (AvgIpc) is 3.06. The number of benzene rings is 1. The summed E-state index contributed by atoms with van der Waals surface area (Å²) in [5.74, 6) is 0.915. The molecule has 0 saturated heterocycles. The van der Waals surface area contributed by atoms with Crippen molar-refractivity contribution in [3.8, 4) is 5.75 Å². The zero-order valence-corrected chi connectivity index (χ0v) is 13.5. The Kier molecular flexibility index (Phi) is 3.13. The van der Waals surface area contributed by atoms with Gasteiger partial charge in [0, 0.05) is 19.7 Å². The smallest absolute Gasteiger partial charge is 0.308 e. The number of nitrogens with zero attached hydrogens (tertiary/aromatic N) is 4. The van der Waals surface area contributed by atoms with Gasteiger partial charge in [-0.2, -0.15) is 0 Å². The number of aryl methyl sites for hydroxylation is 1. The monoisotopic (exact) mass is 320 g/mol. The van der Waals surface area contributed by atoms with Gasteiger partial charge in [-0.3, -0.25) is 9.20 Å². The summed E-state index contributed by atoms with van der Waals surface area (Å²) in [4.78, 5) is 21.0. The zero-order chi connectivity index (χ0) is 16.8. The van der Waals surface area contributed by atoms with E-state index in [0.29, 0.717) is 12.3 Å². The van der Waals surface area contributed by atoms with Crippen LogP contribution in [0.15, 0.2) is 43.1 Å². The number of hydrogen-bond acceptors (Lipinski definition) is 4. The van der Waals surface area contributed by atoms with Gasteiger partial charge in [0.2, 0.25) is 0 Å². The lowest BCUT2D eigenvalue weighted by molar-refractivity contribution is -0.131. The largest absolute Gasteiger partial charge is 0.424 e. The standard InChI is InChI=1S/C18H16N4O2/c1-4-9-21-10-15(24-12(3)23)16-17(21)19-11(2)22-14-8-6-5-7-13(14)20-18(16)22/h4-8,10H,1,9H2,2-3H3. The van der Waals surface area contributed by atoms with E-state index in [0.717, 1.165) is 33.5 Å². The highest BCUT2D eigenvalue weighted by Crippen LogP contribution is 2.33. The summed E-state index contributed by atoms with van der Waals surface area (Å²) < 4.78 is 9.31. The van der Waals surface area contributed by atoms with Gasteiger partial charge in [-0.05, 0) is 19.1 Å². The Balaban J connectivity index is 2.19. The number of fused-ring (bicyclic) bond motifs is 5. The number of para-hydroxylation sites is 2. The molecule has 3 heterocycles. The molecular weight excluding hydrogens is 304 g/mol. The first-order chi connectivity index (χ1) is 11.6. The van der Waals surface area contributed by atoms with Gasteiger partial charge in [-0.25, -0.2) is 9.97 Å².